The van der Waals surface area contributed by atoms with Gasteiger partial charge in [0.1, 0.15) is 6.61 Å². The number of hydrogen-bond donors (Lipinski definition) is 4. The SMILES string of the molecule is COCC(=O)N(C)c1c(I)c(C(=O)O)c(I)c(C(=O)NC(CO)CO)c1I. The van der Waals surface area contributed by atoms with Crippen LogP contribution in [0.3, 0.4) is 0 Å². The van der Waals surface area contributed by atoms with Crippen molar-refractivity contribution in [2.45, 2.75) is 6.04 Å². The van der Waals surface area contributed by atoms with Gasteiger partial charge in [0.2, 0.25) is 0 Å². The first-order valence-corrected chi connectivity index (χ1v) is 10.6. The van der Waals surface area contributed by atoms with Crippen molar-refractivity contribution in [2.75, 3.05) is 38.9 Å². The first-order chi connectivity index (χ1) is 12.6. The summed E-state index contributed by atoms with van der Waals surface area (Å²) in [5, 5.41) is 30.4. The van der Waals surface area contributed by atoms with Crippen molar-refractivity contribution >= 4 is 91.2 Å². The lowest BCUT2D eigenvalue weighted by atomic mass is 10.1. The van der Waals surface area contributed by atoms with E-state index in [9.17, 15) is 29.7 Å². The average molecular weight is 718 g/mol. The highest BCUT2D eigenvalue weighted by Gasteiger charge is 2.31. The van der Waals surface area contributed by atoms with Crippen molar-refractivity contribution in [3.63, 3.8) is 0 Å². The van der Waals surface area contributed by atoms with Gasteiger partial charge in [0.15, 0.2) is 0 Å². The summed E-state index contributed by atoms with van der Waals surface area (Å²) in [6.45, 7) is -1.18. The maximum Gasteiger partial charge on any atom is 0.337 e. The van der Waals surface area contributed by atoms with Crippen molar-refractivity contribution in [1.29, 1.82) is 0 Å². The first-order valence-electron chi connectivity index (χ1n) is 7.34. The second-order valence-electron chi connectivity index (χ2n) is 5.27. The number of aliphatic hydroxyl groups excluding tert-OH is 2. The minimum atomic E-state index is -1.25. The molecule has 0 fully saturated rings. The lowest BCUT2D eigenvalue weighted by molar-refractivity contribution is -0.121. The number of nitrogens with zero attached hydrogens (tertiary/aromatic N) is 1. The van der Waals surface area contributed by atoms with Crippen molar-refractivity contribution < 1.29 is 34.4 Å². The monoisotopic (exact) mass is 718 g/mol. The molecule has 0 saturated heterocycles. The molecule has 0 aliphatic heterocycles. The highest BCUT2D eigenvalue weighted by Crippen LogP contribution is 2.37. The van der Waals surface area contributed by atoms with E-state index in [4.69, 9.17) is 4.74 Å². The Labute approximate surface area is 196 Å². The van der Waals surface area contributed by atoms with Gasteiger partial charge < -0.3 is 30.3 Å². The number of benzene rings is 1. The summed E-state index contributed by atoms with van der Waals surface area (Å²) < 4.78 is 5.70. The third-order valence-corrected chi connectivity index (χ3v) is 6.67. The third-order valence-electron chi connectivity index (χ3n) is 3.49. The van der Waals surface area contributed by atoms with Gasteiger partial charge in [-0.25, -0.2) is 4.79 Å². The van der Waals surface area contributed by atoms with Crippen molar-refractivity contribution in [3.05, 3.63) is 21.8 Å². The van der Waals surface area contributed by atoms with E-state index in [1.807, 2.05) is 45.2 Å². The molecule has 12 heteroatoms. The maximum atomic E-state index is 12.7. The Balaban J connectivity index is 3.66. The number of hydrogen-bond acceptors (Lipinski definition) is 6. The summed E-state index contributed by atoms with van der Waals surface area (Å²) in [6, 6.07) is -0.895. The number of likely N-dealkylation sites (N-methyl/N-ethyl adjacent to an activating group) is 1. The molecule has 0 saturated carbocycles. The smallest absolute Gasteiger partial charge is 0.337 e. The molecule has 0 unspecified atom stereocenters. The Kier molecular flexibility index (Phi) is 10.1. The predicted octanol–water partition coefficient (Wildman–Crippen LogP) is 0.891. The topological polar surface area (TPSA) is 136 Å². The van der Waals surface area contributed by atoms with E-state index in [1.54, 1.807) is 22.6 Å². The van der Waals surface area contributed by atoms with E-state index >= 15 is 0 Å². The van der Waals surface area contributed by atoms with Crippen LogP contribution >= 0.6 is 67.8 Å². The maximum absolute atomic E-state index is 12.7. The molecule has 4 N–H and O–H groups in total. The number of carboxylic acids is 1. The molecule has 150 valence electrons. The van der Waals surface area contributed by atoms with Crippen LogP contribution in [0.1, 0.15) is 20.7 Å². The molecule has 0 spiro atoms. The van der Waals surface area contributed by atoms with Crippen molar-refractivity contribution in [2.24, 2.45) is 0 Å². The number of nitrogens with one attached hydrogen (secondary N) is 1. The van der Waals surface area contributed by atoms with Gasteiger partial charge in [-0.2, -0.15) is 0 Å². The number of carboxylic acid groups (broad SMARTS) is 1. The van der Waals surface area contributed by atoms with Crippen molar-refractivity contribution in [3.8, 4) is 0 Å². The van der Waals surface area contributed by atoms with Gasteiger partial charge >= 0.3 is 5.97 Å². The standard InChI is InChI=1S/C15H17I3N2O7/c1-20(7(23)5-27-2)13-11(17)8(14(24)19-6(3-21)4-22)10(16)9(12(13)18)15(25)26/h6,21-22H,3-5H2,1-2H3,(H,19,24)(H,25,26). The van der Waals surface area contributed by atoms with E-state index < -0.39 is 37.0 Å². The molecule has 0 aromatic heterocycles. The molecule has 0 heterocycles. The molecule has 1 aromatic rings. The van der Waals surface area contributed by atoms with E-state index in [-0.39, 0.29) is 27.0 Å². The second-order valence-corrected chi connectivity index (χ2v) is 8.50. The molecule has 0 aliphatic carbocycles. The fourth-order valence-electron chi connectivity index (χ4n) is 2.08. The summed E-state index contributed by atoms with van der Waals surface area (Å²) in [5.74, 6) is -2.32. The second kappa shape index (κ2) is 11.0. The molecule has 27 heavy (non-hydrogen) atoms. The van der Waals surface area contributed by atoms with Crippen LogP contribution in [0.5, 0.6) is 0 Å². The zero-order valence-electron chi connectivity index (χ0n) is 14.3. The van der Waals surface area contributed by atoms with E-state index in [0.29, 0.717) is 7.14 Å². The Morgan fingerprint density at radius 2 is 1.59 bits per heavy atom. The zero-order valence-corrected chi connectivity index (χ0v) is 20.7. The van der Waals surface area contributed by atoms with Crippen molar-refractivity contribution in [1.82, 2.24) is 5.32 Å². The predicted molar refractivity (Wildman–Crippen MR) is 122 cm³/mol. The Morgan fingerprint density at radius 3 is 2.04 bits per heavy atom. The Morgan fingerprint density at radius 1 is 1.07 bits per heavy atom. The highest BCUT2D eigenvalue weighted by atomic mass is 127. The van der Waals surface area contributed by atoms with Crippen LogP contribution in [0.2, 0.25) is 0 Å². The van der Waals surface area contributed by atoms with E-state index in [0.717, 1.165) is 0 Å². The molecule has 1 rings (SSSR count). The number of anilines is 1. The molecule has 1 aromatic carbocycles. The van der Waals surface area contributed by atoms with Crippen LogP contribution in [0.15, 0.2) is 0 Å². The Hall–Kier alpha value is -0.300. The van der Waals surface area contributed by atoms with E-state index in [2.05, 4.69) is 5.32 Å². The van der Waals surface area contributed by atoms with E-state index in [1.165, 1.54) is 19.1 Å². The van der Waals surface area contributed by atoms with Crippen LogP contribution in [-0.2, 0) is 9.53 Å². The fraction of sp³-hybridized carbons (Fsp3) is 0.400. The van der Waals surface area contributed by atoms with Gasteiger partial charge in [-0.1, -0.05) is 0 Å². The number of halogens is 3. The average Bonchev–Trinajstić information content (AvgIpc) is 2.59. The van der Waals surface area contributed by atoms with Crippen LogP contribution in [0.25, 0.3) is 0 Å². The molecule has 0 atom stereocenters. The lowest BCUT2D eigenvalue weighted by Crippen LogP contribution is -2.41. The van der Waals surface area contributed by atoms with Crippen LogP contribution in [0.4, 0.5) is 5.69 Å². The van der Waals surface area contributed by atoms with Crippen LogP contribution in [0, 0.1) is 10.7 Å². The quantitative estimate of drug-likeness (QED) is 0.294. The number of carbonyl (C=O) groups is 3. The summed E-state index contributed by atoms with van der Waals surface area (Å²) in [6.07, 6.45) is 0. The normalized spacial score (nSPS) is 10.8. The van der Waals surface area contributed by atoms with Gasteiger partial charge in [0.05, 0.1) is 43.2 Å². The Bertz CT molecular complexity index is 754. The summed E-state index contributed by atoms with van der Waals surface area (Å²) >= 11 is 5.46. The number of ether oxygens (including phenoxy) is 1. The summed E-state index contributed by atoms with van der Waals surface area (Å²) in [5.41, 5.74) is 0.206. The number of aliphatic hydroxyl groups is 2. The van der Waals surface area contributed by atoms with Crippen LogP contribution < -0.4 is 10.2 Å². The highest BCUT2D eigenvalue weighted by molar-refractivity contribution is 14.1. The molecule has 0 aliphatic rings. The first kappa shape index (κ1) is 24.7. The number of methoxy groups -OCH3 is 1. The largest absolute Gasteiger partial charge is 0.478 e. The third kappa shape index (κ3) is 5.62. The van der Waals surface area contributed by atoms with Crippen LogP contribution in [-0.4, -0.2) is 73.1 Å². The number of carbonyl (C=O) groups excluding carboxylic acids is 2. The molecular weight excluding hydrogens is 701 g/mol. The minimum Gasteiger partial charge on any atom is -0.478 e. The fourth-order valence-corrected chi connectivity index (χ4v) is 6.93. The molecule has 0 radical (unpaired) electrons. The number of aromatic carboxylic acids is 1. The summed E-state index contributed by atoms with van der Waals surface area (Å²) in [4.78, 5) is 38.0. The molecule has 0 bridgehead atoms. The number of rotatable bonds is 8. The zero-order chi connectivity index (χ0) is 20.9. The van der Waals surface area contributed by atoms with Gasteiger partial charge in [0.25, 0.3) is 11.8 Å². The molecule has 9 nitrogen and oxygen atoms in total. The minimum absolute atomic E-state index is 0.0491. The lowest BCUT2D eigenvalue weighted by Gasteiger charge is -2.24. The van der Waals surface area contributed by atoms with Gasteiger partial charge in [0, 0.05) is 17.7 Å². The van der Waals surface area contributed by atoms with Gasteiger partial charge in [-0.3, -0.25) is 9.59 Å². The summed E-state index contributed by atoms with van der Waals surface area (Å²) in [7, 11) is 2.83. The van der Waals surface area contributed by atoms with Gasteiger partial charge in [-0.15, -0.1) is 0 Å². The molecule has 2 amide bonds. The number of amides is 2. The molecular formula is C15H17I3N2O7. The van der Waals surface area contributed by atoms with Gasteiger partial charge in [-0.05, 0) is 67.8 Å².